The lowest BCUT2D eigenvalue weighted by Crippen LogP contribution is -2.35. The predicted octanol–water partition coefficient (Wildman–Crippen LogP) is 3.61. The summed E-state index contributed by atoms with van der Waals surface area (Å²) in [5, 5.41) is 12.7. The van der Waals surface area contributed by atoms with Crippen molar-refractivity contribution in [3.63, 3.8) is 0 Å². The van der Waals surface area contributed by atoms with Gasteiger partial charge in [0.15, 0.2) is 0 Å². The minimum absolute atomic E-state index is 0.182. The summed E-state index contributed by atoms with van der Waals surface area (Å²) in [6.45, 7) is 7.18. The number of nitrogens with one attached hydrogen (secondary N) is 1. The fraction of sp³-hybridized carbons (Fsp3) is 0.391. The molecule has 0 saturated carbocycles. The molecule has 0 unspecified atom stereocenters. The van der Waals surface area contributed by atoms with Crippen LogP contribution in [-0.2, 0) is 4.74 Å². The number of carbonyl (C=O) groups is 2. The van der Waals surface area contributed by atoms with Crippen LogP contribution in [0.1, 0.15) is 50.2 Å². The van der Waals surface area contributed by atoms with Gasteiger partial charge in [0.1, 0.15) is 0 Å². The molecule has 1 aliphatic rings. The Kier molecular flexibility index (Phi) is 6.23. The molecule has 6 nitrogen and oxygen atoms in total. The topological polar surface area (TPSA) is 78.9 Å². The van der Waals surface area contributed by atoms with Crippen LogP contribution >= 0.6 is 0 Å². The van der Waals surface area contributed by atoms with Gasteiger partial charge in [0.25, 0.3) is 5.91 Å². The monoisotopic (exact) mass is 396 g/mol. The molecule has 0 spiro atoms. The van der Waals surface area contributed by atoms with E-state index in [9.17, 15) is 14.7 Å². The van der Waals surface area contributed by atoms with Gasteiger partial charge in [0.2, 0.25) is 0 Å². The highest BCUT2D eigenvalue weighted by Crippen LogP contribution is 2.26. The quantitative estimate of drug-likeness (QED) is 0.772. The van der Waals surface area contributed by atoms with Gasteiger partial charge in [-0.3, -0.25) is 4.79 Å². The number of aryl methyl sites for hydroxylation is 3. The van der Waals surface area contributed by atoms with Gasteiger partial charge in [0.05, 0.1) is 18.8 Å². The first-order chi connectivity index (χ1) is 13.8. The number of piperidine rings is 1. The lowest BCUT2D eigenvalue weighted by Gasteiger charge is -2.31. The molecular formula is C23H28N2O4. The highest BCUT2D eigenvalue weighted by atomic mass is 16.5. The molecule has 2 aromatic rings. The van der Waals surface area contributed by atoms with Crippen molar-refractivity contribution in [1.82, 2.24) is 0 Å². The number of nitrogens with zero attached hydrogens (tertiary/aromatic N) is 1. The molecule has 29 heavy (non-hydrogen) atoms. The van der Waals surface area contributed by atoms with Crippen LogP contribution in [0.2, 0.25) is 0 Å². The van der Waals surface area contributed by atoms with Crippen molar-refractivity contribution in [2.24, 2.45) is 0 Å². The summed E-state index contributed by atoms with van der Waals surface area (Å²) in [7, 11) is 1.35. The van der Waals surface area contributed by atoms with Crippen LogP contribution in [-0.4, -0.2) is 43.3 Å². The van der Waals surface area contributed by atoms with Crippen molar-refractivity contribution in [1.29, 1.82) is 0 Å². The van der Waals surface area contributed by atoms with E-state index in [4.69, 9.17) is 4.74 Å². The van der Waals surface area contributed by atoms with E-state index in [2.05, 4.69) is 10.2 Å². The molecule has 154 valence electrons. The number of esters is 1. The first-order valence-electron chi connectivity index (χ1n) is 9.84. The van der Waals surface area contributed by atoms with Crippen LogP contribution < -0.4 is 10.2 Å². The third-order valence-electron chi connectivity index (χ3n) is 5.49. The Balaban J connectivity index is 1.84. The SMILES string of the molecule is COC(=O)c1cc(C)c(NC(=O)c2cc(N3CCC(O)CC3)ccc2C)c(C)c1. The van der Waals surface area contributed by atoms with E-state index in [-0.39, 0.29) is 12.0 Å². The minimum atomic E-state index is -0.399. The van der Waals surface area contributed by atoms with Gasteiger partial charge < -0.3 is 20.1 Å². The second-order valence-corrected chi connectivity index (χ2v) is 7.65. The van der Waals surface area contributed by atoms with Gasteiger partial charge in [-0.2, -0.15) is 0 Å². The van der Waals surface area contributed by atoms with Crippen LogP contribution in [0.25, 0.3) is 0 Å². The fourth-order valence-electron chi connectivity index (χ4n) is 3.75. The average Bonchev–Trinajstić information content (AvgIpc) is 2.70. The highest BCUT2D eigenvalue weighted by molar-refractivity contribution is 6.07. The smallest absolute Gasteiger partial charge is 0.337 e. The number of methoxy groups -OCH3 is 1. The van der Waals surface area contributed by atoms with Crippen LogP contribution in [0.5, 0.6) is 0 Å². The second-order valence-electron chi connectivity index (χ2n) is 7.65. The largest absolute Gasteiger partial charge is 0.465 e. The predicted molar refractivity (Wildman–Crippen MR) is 114 cm³/mol. The molecule has 6 heteroatoms. The summed E-state index contributed by atoms with van der Waals surface area (Å²) in [6.07, 6.45) is 1.24. The Hall–Kier alpha value is -2.86. The van der Waals surface area contributed by atoms with Crippen molar-refractivity contribution < 1.29 is 19.4 Å². The number of aliphatic hydroxyl groups excluding tert-OH is 1. The normalized spacial score (nSPS) is 14.6. The van der Waals surface area contributed by atoms with E-state index in [0.29, 0.717) is 16.8 Å². The molecular weight excluding hydrogens is 368 g/mol. The standard InChI is InChI=1S/C23H28N2O4/c1-14-5-6-18(25-9-7-19(26)8-10-25)13-20(14)22(27)24-21-15(2)11-17(12-16(21)3)23(28)29-4/h5-6,11-13,19,26H,7-10H2,1-4H3,(H,24,27). The molecule has 1 aliphatic heterocycles. The lowest BCUT2D eigenvalue weighted by molar-refractivity contribution is 0.0600. The van der Waals surface area contributed by atoms with Crippen molar-refractivity contribution in [3.05, 3.63) is 58.1 Å². The van der Waals surface area contributed by atoms with E-state index in [0.717, 1.165) is 48.3 Å². The molecule has 0 aliphatic carbocycles. The first kappa shape index (κ1) is 20.9. The van der Waals surface area contributed by atoms with Crippen LogP contribution in [0.4, 0.5) is 11.4 Å². The van der Waals surface area contributed by atoms with Gasteiger partial charge >= 0.3 is 5.97 Å². The van der Waals surface area contributed by atoms with Gasteiger partial charge in [-0.15, -0.1) is 0 Å². The first-order valence-corrected chi connectivity index (χ1v) is 9.84. The van der Waals surface area contributed by atoms with Crippen molar-refractivity contribution in [2.75, 3.05) is 30.4 Å². The summed E-state index contributed by atoms with van der Waals surface area (Å²) in [4.78, 5) is 27.0. The Morgan fingerprint density at radius 2 is 1.66 bits per heavy atom. The molecule has 1 saturated heterocycles. The minimum Gasteiger partial charge on any atom is -0.465 e. The molecule has 2 N–H and O–H groups in total. The summed E-state index contributed by atoms with van der Waals surface area (Å²) in [5.74, 6) is -0.581. The molecule has 3 rings (SSSR count). The van der Waals surface area contributed by atoms with E-state index >= 15 is 0 Å². The van der Waals surface area contributed by atoms with Crippen molar-refractivity contribution in [3.8, 4) is 0 Å². The van der Waals surface area contributed by atoms with E-state index < -0.39 is 5.97 Å². The summed E-state index contributed by atoms with van der Waals surface area (Å²) >= 11 is 0. The number of carbonyl (C=O) groups excluding carboxylic acids is 2. The van der Waals surface area contributed by atoms with Crippen molar-refractivity contribution >= 4 is 23.3 Å². The van der Waals surface area contributed by atoms with Gasteiger partial charge in [0, 0.05) is 30.0 Å². The molecule has 1 fully saturated rings. The number of anilines is 2. The van der Waals surface area contributed by atoms with Crippen LogP contribution in [0.3, 0.4) is 0 Å². The van der Waals surface area contributed by atoms with Gasteiger partial charge in [-0.25, -0.2) is 4.79 Å². The molecule has 0 aromatic heterocycles. The molecule has 1 heterocycles. The van der Waals surface area contributed by atoms with Crippen molar-refractivity contribution in [2.45, 2.75) is 39.7 Å². The fourth-order valence-corrected chi connectivity index (χ4v) is 3.75. The van der Waals surface area contributed by atoms with Gasteiger partial charge in [-0.05, 0) is 74.6 Å². The van der Waals surface area contributed by atoms with E-state index in [1.165, 1.54) is 7.11 Å². The number of ether oxygens (including phenoxy) is 1. The summed E-state index contributed by atoms with van der Waals surface area (Å²) in [6, 6.07) is 9.32. The average molecular weight is 396 g/mol. The second kappa shape index (κ2) is 8.66. The van der Waals surface area contributed by atoms with Gasteiger partial charge in [-0.1, -0.05) is 6.07 Å². The van der Waals surface area contributed by atoms with E-state index in [1.807, 2.05) is 39.0 Å². The van der Waals surface area contributed by atoms with Crippen LogP contribution in [0.15, 0.2) is 30.3 Å². The number of hydrogen-bond acceptors (Lipinski definition) is 5. The third-order valence-corrected chi connectivity index (χ3v) is 5.49. The zero-order valence-electron chi connectivity index (χ0n) is 17.4. The molecule has 0 bridgehead atoms. The molecule has 1 amide bonds. The lowest BCUT2D eigenvalue weighted by atomic mass is 10.0. The summed E-state index contributed by atoms with van der Waals surface area (Å²) in [5.41, 5.74) is 5.27. The Morgan fingerprint density at radius 1 is 1.03 bits per heavy atom. The van der Waals surface area contributed by atoms with Crippen LogP contribution in [0, 0.1) is 20.8 Å². The zero-order valence-corrected chi connectivity index (χ0v) is 17.4. The van der Waals surface area contributed by atoms with E-state index in [1.54, 1.807) is 12.1 Å². The maximum atomic E-state index is 13.0. The molecule has 0 radical (unpaired) electrons. The number of benzene rings is 2. The molecule has 0 atom stereocenters. The molecule has 2 aromatic carbocycles. The highest BCUT2D eigenvalue weighted by Gasteiger charge is 2.20. The Morgan fingerprint density at radius 3 is 2.24 bits per heavy atom. The number of amides is 1. The maximum absolute atomic E-state index is 13.0. The summed E-state index contributed by atoms with van der Waals surface area (Å²) < 4.78 is 4.78. The number of rotatable bonds is 4. The maximum Gasteiger partial charge on any atom is 0.337 e. The zero-order chi connectivity index (χ0) is 21.1. The number of hydrogen-bond donors (Lipinski definition) is 2. The Labute approximate surface area is 171 Å². The Bertz CT molecular complexity index is 907. The third kappa shape index (κ3) is 4.59. The number of aliphatic hydroxyl groups is 1.